The van der Waals surface area contributed by atoms with Crippen molar-refractivity contribution in [2.75, 3.05) is 13.1 Å². The van der Waals surface area contributed by atoms with Crippen molar-refractivity contribution in [3.05, 3.63) is 35.9 Å². The van der Waals surface area contributed by atoms with Gasteiger partial charge in [0.15, 0.2) is 0 Å². The van der Waals surface area contributed by atoms with Gasteiger partial charge in [0.2, 0.25) is 0 Å². The second-order valence-corrected chi connectivity index (χ2v) is 9.99. The van der Waals surface area contributed by atoms with Gasteiger partial charge in [-0.05, 0) is 0 Å². The van der Waals surface area contributed by atoms with Gasteiger partial charge in [0.05, 0.1) is 0 Å². The zero-order chi connectivity index (χ0) is 16.9. The van der Waals surface area contributed by atoms with Crippen LogP contribution < -0.4 is 0 Å². The summed E-state index contributed by atoms with van der Waals surface area (Å²) in [7, 11) is 0. The number of fused-ring (bicyclic) bond motifs is 1. The Morgan fingerprint density at radius 2 is 1.65 bits per heavy atom. The molecule has 1 aliphatic carbocycles. The van der Waals surface area contributed by atoms with Gasteiger partial charge in [-0.1, -0.05) is 0 Å². The molecular weight excluding hydrogens is 362 g/mol. The predicted molar refractivity (Wildman–Crippen MR) is 101 cm³/mol. The number of benzene rings is 1. The third kappa shape index (κ3) is 6.20. The Morgan fingerprint density at radius 3 is 2.19 bits per heavy atom. The Hall–Kier alpha value is -0.660. The molecule has 5 N–H and O–H groups in total. The van der Waals surface area contributed by atoms with Gasteiger partial charge in [-0.2, -0.15) is 0 Å². The van der Waals surface area contributed by atoms with Gasteiger partial charge in [0.25, 0.3) is 0 Å². The average Bonchev–Trinajstić information content (AvgIpc) is 3.03. The predicted octanol–water partition coefficient (Wildman–Crippen LogP) is 1.64. The van der Waals surface area contributed by atoms with Gasteiger partial charge < -0.3 is 11.0 Å². The fraction of sp³-hybridized carbons (Fsp3) is 0.579. The minimum absolute atomic E-state index is 0. The maximum atomic E-state index is 12.6. The second kappa shape index (κ2) is 11.2. The van der Waals surface area contributed by atoms with Gasteiger partial charge in [0, 0.05) is 0 Å². The molecule has 6 nitrogen and oxygen atoms in total. The zero-order valence-corrected chi connectivity index (χ0v) is 17.4. The number of rotatable bonds is 6. The number of likely N-dealkylation sites (tertiary alicyclic amines) is 1. The van der Waals surface area contributed by atoms with E-state index in [0.29, 0.717) is 22.8 Å². The molecule has 1 amide bonds. The quantitative estimate of drug-likeness (QED) is 0.742. The van der Waals surface area contributed by atoms with E-state index < -0.39 is 45.7 Å². The van der Waals surface area contributed by atoms with Crippen LogP contribution in [0.1, 0.15) is 31.2 Å². The van der Waals surface area contributed by atoms with Crippen LogP contribution in [0.2, 0.25) is 2.52 Å². The summed E-state index contributed by atoms with van der Waals surface area (Å²) in [5, 5.41) is 9.49. The van der Waals surface area contributed by atoms with E-state index in [2.05, 4.69) is 4.90 Å². The molecule has 3 rings (SSSR count). The van der Waals surface area contributed by atoms with Crippen LogP contribution in [0.15, 0.2) is 30.3 Å². The van der Waals surface area contributed by atoms with Crippen LogP contribution in [-0.2, 0) is 11.2 Å². The molecule has 3 unspecified atom stereocenters. The second-order valence-electron chi connectivity index (χ2n) is 7.37. The number of hydrogen-bond acceptors (Lipinski definition) is 2. The van der Waals surface area contributed by atoms with Gasteiger partial charge in [-0.25, -0.2) is 0 Å². The summed E-state index contributed by atoms with van der Waals surface area (Å²) < 4.78 is 0.943. The number of amides is 1. The van der Waals surface area contributed by atoms with Gasteiger partial charge >= 0.3 is 163 Å². The molecule has 142 valence electrons. The number of aliphatic carboxylic acids is 1. The molecular formula is C19H29CaNO5. The molecule has 26 heavy (non-hydrogen) atoms. The first-order valence-corrected chi connectivity index (χ1v) is 11.8. The van der Waals surface area contributed by atoms with E-state index >= 15 is 0 Å². The minimum atomic E-state index is -1.52. The number of carboxylic acid groups (broad SMARTS) is 1. The maximum absolute atomic E-state index is 12.6. The number of nitrogens with zero attached hydrogens (tertiary/aromatic N) is 1. The topological polar surface area (TPSA) is 121 Å². The molecule has 0 spiro atoms. The Labute approximate surface area is 172 Å². The molecule has 2 fully saturated rings. The first-order valence-electron chi connectivity index (χ1n) is 9.18. The molecule has 1 aliphatic heterocycles. The van der Waals surface area contributed by atoms with E-state index in [1.165, 1.54) is 25.7 Å². The molecule has 1 aromatic rings. The van der Waals surface area contributed by atoms with Crippen molar-refractivity contribution in [2.45, 2.75) is 34.6 Å². The molecule has 3 atom stereocenters. The van der Waals surface area contributed by atoms with Crippen molar-refractivity contribution in [3.63, 3.8) is 0 Å². The Kier molecular flexibility index (Phi) is 10.1. The molecule has 2 aliphatic rings. The normalized spacial score (nSPS) is 22.2. The van der Waals surface area contributed by atoms with Crippen LogP contribution in [0.25, 0.3) is 0 Å². The molecule has 0 radical (unpaired) electrons. The van der Waals surface area contributed by atoms with Gasteiger partial charge in [-0.3, -0.25) is 0 Å². The summed E-state index contributed by atoms with van der Waals surface area (Å²) in [6.45, 7) is 1.87. The third-order valence-corrected chi connectivity index (χ3v) is 8.62. The molecule has 1 heterocycles. The SMILES string of the molecule is O.O.O=C(O)C([CH2][Ca][C](=O)N1CC2CCCCC2C1)Cc1ccccc1. The first kappa shape index (κ1) is 23.4. The fourth-order valence-electron chi connectivity index (χ4n) is 4.28. The molecule has 1 saturated heterocycles. The van der Waals surface area contributed by atoms with E-state index in [0.717, 1.165) is 18.7 Å². The van der Waals surface area contributed by atoms with Crippen LogP contribution in [0.5, 0.6) is 0 Å². The van der Waals surface area contributed by atoms with Crippen molar-refractivity contribution < 1.29 is 25.6 Å². The van der Waals surface area contributed by atoms with Crippen molar-refractivity contribution >= 4 is 41.8 Å². The summed E-state index contributed by atoms with van der Waals surface area (Å²) in [4.78, 5) is 26.2. The Morgan fingerprint density at radius 1 is 1.08 bits per heavy atom. The monoisotopic (exact) mass is 391 g/mol. The van der Waals surface area contributed by atoms with Crippen LogP contribution in [0.4, 0.5) is 4.79 Å². The molecule has 0 aromatic heterocycles. The summed E-state index contributed by atoms with van der Waals surface area (Å²) >= 11 is -1.52. The number of hydrogen-bond donors (Lipinski definition) is 1. The van der Waals surface area contributed by atoms with Gasteiger partial charge in [0.1, 0.15) is 0 Å². The van der Waals surface area contributed by atoms with Gasteiger partial charge in [-0.15, -0.1) is 0 Å². The van der Waals surface area contributed by atoms with Crippen molar-refractivity contribution in [1.82, 2.24) is 4.90 Å². The zero-order valence-electron chi connectivity index (χ0n) is 15.2. The summed E-state index contributed by atoms with van der Waals surface area (Å²) in [5.74, 6) is 0.267. The van der Waals surface area contributed by atoms with Crippen LogP contribution in [0, 0.1) is 17.8 Å². The molecule has 1 saturated carbocycles. The molecule has 0 bridgehead atoms. The molecule has 1 aromatic carbocycles. The summed E-state index contributed by atoms with van der Waals surface area (Å²) in [5.41, 5.74) is 1.05. The van der Waals surface area contributed by atoms with E-state index in [-0.39, 0.29) is 11.0 Å². The van der Waals surface area contributed by atoms with E-state index in [9.17, 15) is 14.7 Å². The Bertz CT molecular complexity index is 569. The van der Waals surface area contributed by atoms with Crippen molar-refractivity contribution in [2.24, 2.45) is 17.8 Å². The number of carbonyl (C=O) groups is 2. The Balaban J connectivity index is 0.00000169. The van der Waals surface area contributed by atoms with E-state index in [1.54, 1.807) is 0 Å². The first-order chi connectivity index (χ1) is 11.6. The standard InChI is InChI=1S/C10H11O2.C9H14NO.Ca.2H2O/c1-8(10(11)12)7-9-5-3-2-4-6-9;11-7-10-5-8-3-1-2-4-9(8)6-10;;;/h2-6,8H,1,7H2,(H,11,12);8-9H,1-6H2;;2*1H2. The van der Waals surface area contributed by atoms with Crippen molar-refractivity contribution in [1.29, 1.82) is 0 Å². The number of carbonyl (C=O) groups excluding carboxylic acids is 1. The van der Waals surface area contributed by atoms with E-state index in [1.807, 2.05) is 30.3 Å². The van der Waals surface area contributed by atoms with Crippen LogP contribution in [-0.4, -0.2) is 75.9 Å². The number of carboxylic acids is 1. The van der Waals surface area contributed by atoms with Crippen LogP contribution in [0.3, 0.4) is 0 Å². The van der Waals surface area contributed by atoms with E-state index in [4.69, 9.17) is 0 Å². The average molecular weight is 392 g/mol. The summed E-state index contributed by atoms with van der Waals surface area (Å²) in [6, 6.07) is 9.75. The summed E-state index contributed by atoms with van der Waals surface area (Å²) in [6.07, 6.45) is 5.70. The molecule has 7 heteroatoms. The van der Waals surface area contributed by atoms with Crippen LogP contribution >= 0.6 is 0 Å². The fourth-order valence-corrected chi connectivity index (χ4v) is 6.81. The van der Waals surface area contributed by atoms with Crippen molar-refractivity contribution in [3.8, 4) is 0 Å². The third-order valence-electron chi connectivity index (χ3n) is 5.71.